The molecule has 1 fully saturated rings. The lowest BCUT2D eigenvalue weighted by molar-refractivity contribution is -0.150. The number of aromatic amines is 1. The third-order valence-corrected chi connectivity index (χ3v) is 5.11. The number of aliphatic carboxylic acids is 1. The molecule has 1 aromatic heterocycles. The summed E-state index contributed by atoms with van der Waals surface area (Å²) in [7, 11) is 0. The van der Waals surface area contributed by atoms with Crippen LogP contribution < -0.4 is 28.0 Å². The molecule has 0 aromatic carbocycles. The average molecular weight is 507 g/mol. The first kappa shape index (κ1) is 27.9. The van der Waals surface area contributed by atoms with Crippen molar-refractivity contribution in [3.63, 3.8) is 0 Å². The molecule has 0 bridgehead atoms. The van der Waals surface area contributed by atoms with E-state index in [2.05, 4.69) is 4.74 Å². The Labute approximate surface area is 194 Å². The van der Waals surface area contributed by atoms with Gasteiger partial charge in [0.1, 0.15) is 43.2 Å². The van der Waals surface area contributed by atoms with E-state index in [-0.39, 0.29) is 5.56 Å². The topological polar surface area (TPSA) is 310 Å². The molecule has 1 aromatic rings. The fourth-order valence-electron chi connectivity index (χ4n) is 3.21. The van der Waals surface area contributed by atoms with Crippen molar-refractivity contribution < 1.29 is 54.5 Å². The minimum absolute atomic E-state index is 0.305. The Balaban J connectivity index is 2.22. The molecule has 8 atom stereocenters. The smallest absolute Gasteiger partial charge is 0.404 e. The number of primary amides is 1. The molecule has 0 aliphatic carbocycles. The number of hydrogen-bond acceptors (Lipinski definition) is 13. The predicted molar refractivity (Wildman–Crippen MR) is 108 cm³/mol. The number of aromatic nitrogens is 2. The van der Waals surface area contributed by atoms with E-state index in [1.54, 1.807) is 0 Å². The van der Waals surface area contributed by atoms with Crippen molar-refractivity contribution in [2.75, 3.05) is 6.61 Å². The summed E-state index contributed by atoms with van der Waals surface area (Å²) >= 11 is 0. The summed E-state index contributed by atoms with van der Waals surface area (Å²) in [6.07, 6.45) is -11.9. The van der Waals surface area contributed by atoms with Crippen LogP contribution >= 0.6 is 0 Å². The fourth-order valence-corrected chi connectivity index (χ4v) is 3.21. The quantitative estimate of drug-likeness (QED) is 0.141. The standard InChI is InChI=1S/C17H25N5O13/c18-6(8(25)5(24)3-34-16(19)32)13(29)20-7(15(30)31)11-9(26)10(27)14(35-11)22-1-4(2-23)12(28)21-17(22)33/h1,5-11,14,23-27H,2-3,18H2,(H2,19,32)(H,20,29)(H,30,31)(H,21,28,33)/t5-,6-,7-,8-,9-,10+,11-,14-/m0/s1. The highest BCUT2D eigenvalue weighted by Crippen LogP contribution is 2.30. The average Bonchev–Trinajstić information content (AvgIpc) is 3.08. The number of carboxylic acid groups (broad SMARTS) is 1. The summed E-state index contributed by atoms with van der Waals surface area (Å²) < 4.78 is 10.2. The van der Waals surface area contributed by atoms with Gasteiger partial charge in [0, 0.05) is 6.20 Å². The number of hydrogen-bond donors (Lipinski definition) is 10. The number of carbonyl (C=O) groups is 3. The molecular weight excluding hydrogens is 482 g/mol. The SMILES string of the molecule is NC(=O)OC[C@H](O)[C@H](O)[C@H](N)C(=O)N[C@H](C(=O)O)[C@@H]1O[C@H](n2cc(CO)c(=O)[nH]c2=O)[C@H](O)[C@@H]1O. The number of aliphatic hydroxyl groups is 5. The highest BCUT2D eigenvalue weighted by molar-refractivity contribution is 5.87. The Morgan fingerprint density at radius 2 is 1.86 bits per heavy atom. The molecule has 18 nitrogen and oxygen atoms in total. The number of aliphatic hydroxyl groups excluding tert-OH is 5. The molecule has 0 unspecified atom stereocenters. The molecular formula is C17H25N5O13. The number of nitrogens with two attached hydrogens (primary N) is 2. The zero-order valence-corrected chi connectivity index (χ0v) is 17.8. The van der Waals surface area contributed by atoms with E-state index in [1.807, 2.05) is 10.3 Å². The summed E-state index contributed by atoms with van der Waals surface area (Å²) in [5.74, 6) is -3.13. The van der Waals surface area contributed by atoms with Crippen LogP contribution in [0.3, 0.4) is 0 Å². The maximum absolute atomic E-state index is 12.4. The van der Waals surface area contributed by atoms with Crippen LogP contribution in [0.4, 0.5) is 4.79 Å². The van der Waals surface area contributed by atoms with E-state index >= 15 is 0 Å². The molecule has 0 saturated carbocycles. The first-order chi connectivity index (χ1) is 16.3. The summed E-state index contributed by atoms with van der Waals surface area (Å²) in [5, 5.41) is 61.0. The second kappa shape index (κ2) is 11.4. The van der Waals surface area contributed by atoms with E-state index in [1.165, 1.54) is 0 Å². The normalized spacial score (nSPS) is 25.3. The van der Waals surface area contributed by atoms with Gasteiger partial charge in [0.15, 0.2) is 12.3 Å². The molecule has 2 rings (SSSR count). The van der Waals surface area contributed by atoms with E-state index < -0.39 is 91.3 Å². The predicted octanol–water partition coefficient (Wildman–Crippen LogP) is -6.64. The van der Waals surface area contributed by atoms with Crippen molar-refractivity contribution in [2.45, 2.75) is 55.4 Å². The van der Waals surface area contributed by atoms with Gasteiger partial charge in [-0.3, -0.25) is 19.1 Å². The van der Waals surface area contributed by atoms with E-state index in [0.717, 1.165) is 6.20 Å². The molecule has 2 heterocycles. The van der Waals surface area contributed by atoms with Gasteiger partial charge in [0.25, 0.3) is 5.56 Å². The van der Waals surface area contributed by atoms with Gasteiger partial charge in [-0.2, -0.15) is 0 Å². The van der Waals surface area contributed by atoms with Gasteiger partial charge in [-0.15, -0.1) is 0 Å². The lowest BCUT2D eigenvalue weighted by Crippen LogP contribution is -2.60. The van der Waals surface area contributed by atoms with Crippen molar-refractivity contribution in [1.82, 2.24) is 14.9 Å². The Kier molecular flexibility index (Phi) is 9.04. The molecule has 35 heavy (non-hydrogen) atoms. The maximum atomic E-state index is 12.4. The Morgan fingerprint density at radius 3 is 2.40 bits per heavy atom. The summed E-state index contributed by atoms with van der Waals surface area (Å²) in [4.78, 5) is 60.3. The highest BCUT2D eigenvalue weighted by atomic mass is 16.6. The molecule has 18 heteroatoms. The van der Waals surface area contributed by atoms with Crippen LogP contribution in [0.15, 0.2) is 15.8 Å². The molecule has 12 N–H and O–H groups in total. The van der Waals surface area contributed by atoms with Crippen molar-refractivity contribution in [1.29, 1.82) is 0 Å². The second-order valence-electron chi connectivity index (χ2n) is 7.49. The minimum Gasteiger partial charge on any atom is -0.480 e. The van der Waals surface area contributed by atoms with Gasteiger partial charge in [-0.25, -0.2) is 14.4 Å². The summed E-state index contributed by atoms with van der Waals surface area (Å²) in [5.41, 5.74) is 7.89. The maximum Gasteiger partial charge on any atom is 0.404 e. The molecule has 196 valence electrons. The molecule has 1 aliphatic heterocycles. The summed E-state index contributed by atoms with van der Waals surface area (Å²) in [6, 6.07) is -4.05. The minimum atomic E-state index is -2.09. The molecule has 0 spiro atoms. The number of carbonyl (C=O) groups excluding carboxylic acids is 2. The first-order valence-corrected chi connectivity index (χ1v) is 9.84. The zero-order chi connectivity index (χ0) is 26.6. The Hall–Kier alpha value is -3.39. The van der Waals surface area contributed by atoms with Gasteiger partial charge in [0.2, 0.25) is 5.91 Å². The summed E-state index contributed by atoms with van der Waals surface area (Å²) in [6.45, 7) is -1.63. The van der Waals surface area contributed by atoms with Crippen LogP contribution in [-0.2, 0) is 25.7 Å². The third-order valence-electron chi connectivity index (χ3n) is 5.11. The number of carboxylic acids is 1. The lowest BCUT2D eigenvalue weighted by Gasteiger charge is -2.27. The van der Waals surface area contributed by atoms with Crippen LogP contribution in [0.25, 0.3) is 0 Å². The number of amides is 2. The molecule has 1 saturated heterocycles. The largest absolute Gasteiger partial charge is 0.480 e. The van der Waals surface area contributed by atoms with Crippen LogP contribution in [0.1, 0.15) is 11.8 Å². The molecule has 2 amide bonds. The van der Waals surface area contributed by atoms with Crippen LogP contribution in [0, 0.1) is 0 Å². The second-order valence-corrected chi connectivity index (χ2v) is 7.49. The number of nitrogens with one attached hydrogen (secondary N) is 2. The monoisotopic (exact) mass is 507 g/mol. The van der Waals surface area contributed by atoms with E-state index in [9.17, 15) is 54.6 Å². The van der Waals surface area contributed by atoms with Crippen LogP contribution in [-0.4, -0.2) is 107 Å². The van der Waals surface area contributed by atoms with Crippen molar-refractivity contribution in [3.8, 4) is 0 Å². The van der Waals surface area contributed by atoms with Gasteiger partial charge in [0.05, 0.1) is 12.2 Å². The molecule has 1 aliphatic rings. The van der Waals surface area contributed by atoms with Crippen LogP contribution in [0.5, 0.6) is 0 Å². The van der Waals surface area contributed by atoms with Gasteiger partial charge >= 0.3 is 17.8 Å². The molecule has 0 radical (unpaired) electrons. The highest BCUT2D eigenvalue weighted by Gasteiger charge is 2.50. The van der Waals surface area contributed by atoms with Gasteiger partial charge in [-0.05, 0) is 0 Å². The first-order valence-electron chi connectivity index (χ1n) is 9.84. The van der Waals surface area contributed by atoms with Gasteiger partial charge in [-0.1, -0.05) is 0 Å². The van der Waals surface area contributed by atoms with Crippen LogP contribution in [0.2, 0.25) is 0 Å². The van der Waals surface area contributed by atoms with Gasteiger partial charge < -0.3 is 56.9 Å². The Bertz CT molecular complexity index is 1060. The fraction of sp³-hybridized carbons (Fsp3) is 0.588. The third kappa shape index (κ3) is 6.19. The lowest BCUT2D eigenvalue weighted by atomic mass is 10.0. The number of ether oxygens (including phenoxy) is 2. The van der Waals surface area contributed by atoms with E-state index in [0.29, 0.717) is 4.57 Å². The number of rotatable bonds is 10. The van der Waals surface area contributed by atoms with Crippen molar-refractivity contribution in [3.05, 3.63) is 32.6 Å². The van der Waals surface area contributed by atoms with Crippen molar-refractivity contribution in [2.24, 2.45) is 11.5 Å². The zero-order valence-electron chi connectivity index (χ0n) is 17.8. The van der Waals surface area contributed by atoms with Crippen molar-refractivity contribution >= 4 is 18.0 Å². The van der Waals surface area contributed by atoms with E-state index in [4.69, 9.17) is 16.2 Å². The number of nitrogens with zero attached hydrogens (tertiary/aromatic N) is 1. The number of H-pyrrole nitrogens is 1. The Morgan fingerprint density at radius 1 is 1.23 bits per heavy atom.